The van der Waals surface area contributed by atoms with Gasteiger partial charge < -0.3 is 9.32 Å². The Bertz CT molecular complexity index is 635. The Morgan fingerprint density at radius 2 is 2.17 bits per heavy atom. The van der Waals surface area contributed by atoms with Crippen LogP contribution in [0.1, 0.15) is 58.4 Å². The van der Waals surface area contributed by atoms with Gasteiger partial charge in [-0.25, -0.2) is 4.98 Å². The van der Waals surface area contributed by atoms with Crippen molar-refractivity contribution in [2.45, 2.75) is 58.3 Å². The predicted octanol–water partition coefficient (Wildman–Crippen LogP) is 5.01. The van der Waals surface area contributed by atoms with E-state index in [1.807, 2.05) is 0 Å². The van der Waals surface area contributed by atoms with Crippen molar-refractivity contribution in [3.05, 3.63) is 30.2 Å². The summed E-state index contributed by atoms with van der Waals surface area (Å²) in [5, 5.41) is 0. The van der Waals surface area contributed by atoms with Crippen LogP contribution >= 0.6 is 0 Å². The van der Waals surface area contributed by atoms with Crippen LogP contribution < -0.4 is 0 Å². The highest BCUT2D eigenvalue weighted by Crippen LogP contribution is 2.40. The van der Waals surface area contributed by atoms with Gasteiger partial charge in [0, 0.05) is 6.54 Å². The smallest absolute Gasteiger partial charge is 0.181 e. The second-order valence-corrected chi connectivity index (χ2v) is 7.46. The molecule has 0 amide bonds. The van der Waals surface area contributed by atoms with E-state index in [1.54, 1.807) is 6.39 Å². The molecule has 0 N–H and O–H groups in total. The molecule has 1 saturated heterocycles. The number of piperidine rings is 1. The van der Waals surface area contributed by atoms with Gasteiger partial charge in [0.1, 0.15) is 5.52 Å². The van der Waals surface area contributed by atoms with Crippen LogP contribution in [-0.4, -0.2) is 29.5 Å². The molecule has 0 spiro atoms. The molecule has 1 aromatic heterocycles. The molecule has 3 heteroatoms. The van der Waals surface area contributed by atoms with E-state index in [-0.39, 0.29) is 5.41 Å². The zero-order valence-electron chi connectivity index (χ0n) is 14.8. The lowest BCUT2D eigenvalue weighted by atomic mass is 9.68. The summed E-state index contributed by atoms with van der Waals surface area (Å²) in [5.41, 5.74) is 3.51. The summed E-state index contributed by atoms with van der Waals surface area (Å²) in [6.07, 6.45) is 8.18. The van der Waals surface area contributed by atoms with Gasteiger partial charge >= 0.3 is 0 Å². The van der Waals surface area contributed by atoms with E-state index < -0.39 is 0 Å². The molecule has 23 heavy (non-hydrogen) atoms. The average molecular weight is 314 g/mol. The van der Waals surface area contributed by atoms with E-state index in [9.17, 15) is 0 Å². The maximum atomic E-state index is 5.51. The average Bonchev–Trinajstić information content (AvgIpc) is 3.02. The molecule has 126 valence electrons. The first-order valence-corrected chi connectivity index (χ1v) is 9.19. The molecule has 3 nitrogen and oxygen atoms in total. The van der Waals surface area contributed by atoms with E-state index in [0.29, 0.717) is 5.92 Å². The number of hydrogen-bond acceptors (Lipinski definition) is 3. The van der Waals surface area contributed by atoms with Crippen molar-refractivity contribution >= 4 is 11.1 Å². The van der Waals surface area contributed by atoms with Crippen LogP contribution in [0.15, 0.2) is 29.0 Å². The number of likely N-dealkylation sites (tertiary alicyclic amines) is 1. The molecule has 0 saturated carbocycles. The maximum Gasteiger partial charge on any atom is 0.181 e. The molecule has 0 aliphatic carbocycles. The van der Waals surface area contributed by atoms with Crippen molar-refractivity contribution < 1.29 is 4.42 Å². The zero-order valence-corrected chi connectivity index (χ0v) is 14.8. The van der Waals surface area contributed by atoms with Gasteiger partial charge in [-0.3, -0.25) is 0 Å². The van der Waals surface area contributed by atoms with E-state index in [1.165, 1.54) is 57.3 Å². The van der Waals surface area contributed by atoms with E-state index in [0.717, 1.165) is 11.1 Å². The largest absolute Gasteiger partial charge is 0.443 e. The summed E-state index contributed by atoms with van der Waals surface area (Å²) in [4.78, 5) is 6.89. The molecule has 1 aromatic carbocycles. The van der Waals surface area contributed by atoms with Crippen LogP contribution in [0.4, 0.5) is 0 Å². The SMILES string of the molecule is CCCCCCN1CC[C@](C)(c2ccc3ncoc3c2)[C@@H](C)C1. The van der Waals surface area contributed by atoms with Crippen LogP contribution in [0.25, 0.3) is 11.1 Å². The lowest BCUT2D eigenvalue weighted by Gasteiger charge is -2.45. The second kappa shape index (κ2) is 7.04. The van der Waals surface area contributed by atoms with Gasteiger partial charge in [-0.2, -0.15) is 0 Å². The first kappa shape index (κ1) is 16.5. The van der Waals surface area contributed by atoms with Crippen molar-refractivity contribution in [3.63, 3.8) is 0 Å². The molecule has 1 fully saturated rings. The number of nitrogens with zero attached hydrogens (tertiary/aromatic N) is 2. The molecule has 0 unspecified atom stereocenters. The lowest BCUT2D eigenvalue weighted by Crippen LogP contribution is -2.47. The minimum Gasteiger partial charge on any atom is -0.443 e. The Kier molecular flexibility index (Phi) is 5.05. The molecule has 0 bridgehead atoms. The highest BCUT2D eigenvalue weighted by atomic mass is 16.3. The van der Waals surface area contributed by atoms with Gasteiger partial charge in [0.15, 0.2) is 12.0 Å². The summed E-state index contributed by atoms with van der Waals surface area (Å²) < 4.78 is 5.51. The summed E-state index contributed by atoms with van der Waals surface area (Å²) in [6.45, 7) is 10.8. The fourth-order valence-corrected chi connectivity index (χ4v) is 3.92. The minimum absolute atomic E-state index is 0.237. The molecular weight excluding hydrogens is 284 g/mol. The fraction of sp³-hybridized carbons (Fsp3) is 0.650. The van der Waals surface area contributed by atoms with Gasteiger partial charge in [0.05, 0.1) is 0 Å². The maximum absolute atomic E-state index is 5.51. The number of oxazole rings is 1. The van der Waals surface area contributed by atoms with Crippen molar-refractivity contribution in [2.24, 2.45) is 5.92 Å². The third-order valence-corrected chi connectivity index (χ3v) is 5.89. The highest BCUT2D eigenvalue weighted by molar-refractivity contribution is 5.73. The summed E-state index contributed by atoms with van der Waals surface area (Å²) >= 11 is 0. The Balaban J connectivity index is 1.66. The topological polar surface area (TPSA) is 29.3 Å². The molecule has 0 radical (unpaired) electrons. The Labute approximate surface area is 140 Å². The van der Waals surface area contributed by atoms with E-state index in [4.69, 9.17) is 4.42 Å². The predicted molar refractivity (Wildman–Crippen MR) is 95.7 cm³/mol. The van der Waals surface area contributed by atoms with Crippen LogP contribution in [0.3, 0.4) is 0 Å². The monoisotopic (exact) mass is 314 g/mol. The fourth-order valence-electron chi connectivity index (χ4n) is 3.92. The molecule has 2 atom stereocenters. The third kappa shape index (κ3) is 3.45. The van der Waals surface area contributed by atoms with Gasteiger partial charge in [0.2, 0.25) is 0 Å². The molecule has 2 aromatic rings. The van der Waals surface area contributed by atoms with Crippen LogP contribution in [-0.2, 0) is 5.41 Å². The van der Waals surface area contributed by atoms with Crippen LogP contribution in [0.2, 0.25) is 0 Å². The lowest BCUT2D eigenvalue weighted by molar-refractivity contribution is 0.109. The molecule has 3 rings (SSSR count). The summed E-state index contributed by atoms with van der Waals surface area (Å²) in [6, 6.07) is 6.55. The molecule has 1 aliphatic rings. The number of aromatic nitrogens is 1. The van der Waals surface area contributed by atoms with Gasteiger partial charge in [0.25, 0.3) is 0 Å². The standard InChI is InChI=1S/C20H30N2O/c1-4-5-6-7-11-22-12-10-20(3,16(2)14-22)17-8-9-18-19(13-17)23-15-21-18/h8-9,13,15-16H,4-7,10-12,14H2,1-3H3/t16-,20-/m0/s1. The first-order chi connectivity index (χ1) is 11.1. The molecular formula is C20H30N2O. The molecule has 2 heterocycles. The summed E-state index contributed by atoms with van der Waals surface area (Å²) in [7, 11) is 0. The third-order valence-electron chi connectivity index (χ3n) is 5.89. The van der Waals surface area contributed by atoms with Crippen LogP contribution in [0, 0.1) is 5.92 Å². The highest BCUT2D eigenvalue weighted by Gasteiger charge is 2.38. The minimum atomic E-state index is 0.237. The molecule has 1 aliphatic heterocycles. The van der Waals surface area contributed by atoms with Crippen molar-refractivity contribution in [1.29, 1.82) is 0 Å². The van der Waals surface area contributed by atoms with Crippen molar-refractivity contribution in [1.82, 2.24) is 9.88 Å². The number of benzene rings is 1. The van der Waals surface area contributed by atoms with E-state index >= 15 is 0 Å². The zero-order chi connectivity index (χ0) is 16.3. The first-order valence-electron chi connectivity index (χ1n) is 9.19. The Morgan fingerprint density at radius 1 is 1.30 bits per heavy atom. The quantitative estimate of drug-likeness (QED) is 0.702. The number of unbranched alkanes of at least 4 members (excludes halogenated alkanes) is 3. The summed E-state index contributed by atoms with van der Waals surface area (Å²) in [5.74, 6) is 0.655. The number of hydrogen-bond donors (Lipinski definition) is 0. The van der Waals surface area contributed by atoms with Crippen LogP contribution in [0.5, 0.6) is 0 Å². The van der Waals surface area contributed by atoms with Gasteiger partial charge in [-0.05, 0) is 55.0 Å². The normalized spacial score (nSPS) is 26.0. The Hall–Kier alpha value is -1.35. The van der Waals surface area contributed by atoms with Crippen molar-refractivity contribution in [3.8, 4) is 0 Å². The second-order valence-electron chi connectivity index (χ2n) is 7.46. The van der Waals surface area contributed by atoms with Crippen molar-refractivity contribution in [2.75, 3.05) is 19.6 Å². The Morgan fingerprint density at radius 3 is 2.96 bits per heavy atom. The van der Waals surface area contributed by atoms with Gasteiger partial charge in [-0.15, -0.1) is 0 Å². The number of rotatable bonds is 6. The van der Waals surface area contributed by atoms with Gasteiger partial charge in [-0.1, -0.05) is 46.1 Å². The van der Waals surface area contributed by atoms with E-state index in [2.05, 4.69) is 48.9 Å². The number of fused-ring (bicyclic) bond motifs is 1.